The minimum Gasteiger partial charge on any atom is -0.457 e. The lowest BCUT2D eigenvalue weighted by molar-refractivity contribution is -0.0144. The first-order valence-corrected chi connectivity index (χ1v) is 13.6. The highest BCUT2D eigenvalue weighted by molar-refractivity contribution is 5.69. The Morgan fingerprint density at radius 1 is 1.03 bits per heavy atom. The van der Waals surface area contributed by atoms with E-state index < -0.39 is 6.16 Å². The molecule has 0 radical (unpaired) electrons. The molecule has 1 aliphatic heterocycles. The summed E-state index contributed by atoms with van der Waals surface area (Å²) in [6.45, 7) is 3.21. The fourth-order valence-electron chi connectivity index (χ4n) is 6.59. The number of hydrogen-bond donors (Lipinski definition) is 0. The largest absolute Gasteiger partial charge is 0.511 e. The zero-order valence-electron chi connectivity index (χ0n) is 21.7. The van der Waals surface area contributed by atoms with Crippen molar-refractivity contribution < 1.29 is 28.5 Å². The van der Waals surface area contributed by atoms with Crippen LogP contribution in [0.5, 0.6) is 5.75 Å². The highest BCUT2D eigenvalue weighted by Gasteiger charge is 2.55. The Kier molecular flexibility index (Phi) is 7.87. The van der Waals surface area contributed by atoms with E-state index in [-0.39, 0.29) is 24.3 Å². The number of carbonyl (C=O) groups is 2. The fourth-order valence-corrected chi connectivity index (χ4v) is 6.59. The summed E-state index contributed by atoms with van der Waals surface area (Å²) in [6, 6.07) is 16.2. The SMILES string of the molecule is CCCCOC(=O)OCOc1ccc2c(c1)[C@]13CCCC[C@@H]1[C@H](C2)N(C(=O)OCc1ccccc1)CC3. The van der Waals surface area contributed by atoms with Gasteiger partial charge in [-0.1, -0.05) is 62.6 Å². The van der Waals surface area contributed by atoms with Crippen LogP contribution in [-0.2, 0) is 32.7 Å². The van der Waals surface area contributed by atoms with E-state index in [0.29, 0.717) is 31.4 Å². The maximum absolute atomic E-state index is 13.2. The van der Waals surface area contributed by atoms with E-state index in [4.69, 9.17) is 18.9 Å². The Morgan fingerprint density at radius 3 is 2.73 bits per heavy atom. The molecule has 37 heavy (non-hydrogen) atoms. The fraction of sp³-hybridized carbons (Fsp3) is 0.533. The van der Waals surface area contributed by atoms with Crippen LogP contribution in [-0.4, -0.2) is 43.1 Å². The van der Waals surface area contributed by atoms with E-state index >= 15 is 0 Å². The smallest absolute Gasteiger partial charge is 0.457 e. The molecule has 1 saturated heterocycles. The third-order valence-electron chi connectivity index (χ3n) is 8.37. The number of likely N-dealkylation sites (tertiary alicyclic amines) is 1. The summed E-state index contributed by atoms with van der Waals surface area (Å²) in [5.74, 6) is 1.11. The van der Waals surface area contributed by atoms with Crippen LogP contribution in [0.3, 0.4) is 0 Å². The predicted octanol–water partition coefficient (Wildman–Crippen LogP) is 6.37. The first kappa shape index (κ1) is 25.4. The minimum absolute atomic E-state index is 0.0476. The van der Waals surface area contributed by atoms with E-state index in [0.717, 1.165) is 44.1 Å². The van der Waals surface area contributed by atoms with E-state index in [9.17, 15) is 9.59 Å². The molecular weight excluding hydrogens is 470 g/mol. The third kappa shape index (κ3) is 5.41. The lowest BCUT2D eigenvalue weighted by Gasteiger charge is -2.58. The second kappa shape index (κ2) is 11.4. The molecule has 5 rings (SSSR count). The van der Waals surface area contributed by atoms with Crippen LogP contribution >= 0.6 is 0 Å². The molecule has 2 aromatic carbocycles. The van der Waals surface area contributed by atoms with Crippen LogP contribution in [0.2, 0.25) is 0 Å². The molecule has 3 atom stereocenters. The van der Waals surface area contributed by atoms with Gasteiger partial charge in [-0.3, -0.25) is 0 Å². The second-order valence-corrected chi connectivity index (χ2v) is 10.4. The van der Waals surface area contributed by atoms with Crippen LogP contribution in [0.15, 0.2) is 48.5 Å². The zero-order chi connectivity index (χ0) is 25.7. The van der Waals surface area contributed by atoms with Crippen molar-refractivity contribution in [2.45, 2.75) is 76.4 Å². The van der Waals surface area contributed by atoms with Gasteiger partial charge < -0.3 is 23.8 Å². The molecule has 0 N–H and O–H groups in total. The molecule has 0 aromatic heterocycles. The first-order valence-electron chi connectivity index (χ1n) is 13.6. The molecule has 1 amide bonds. The number of nitrogens with zero attached hydrogens (tertiary/aromatic N) is 1. The molecule has 1 heterocycles. The summed E-state index contributed by atoms with van der Waals surface area (Å²) in [5.41, 5.74) is 3.66. The lowest BCUT2D eigenvalue weighted by Crippen LogP contribution is -2.62. The first-order chi connectivity index (χ1) is 18.1. The number of piperidine rings is 1. The Balaban J connectivity index is 1.27. The number of benzene rings is 2. The van der Waals surface area contributed by atoms with Gasteiger partial charge in [-0.15, -0.1) is 0 Å². The number of carbonyl (C=O) groups excluding carboxylic acids is 2. The van der Waals surface area contributed by atoms with Crippen LogP contribution in [0, 0.1) is 5.92 Å². The quantitative estimate of drug-likeness (QED) is 0.235. The number of unbranched alkanes of at least 4 members (excludes halogenated alkanes) is 1. The maximum Gasteiger partial charge on any atom is 0.511 e. The van der Waals surface area contributed by atoms with Gasteiger partial charge in [0, 0.05) is 18.0 Å². The summed E-state index contributed by atoms with van der Waals surface area (Å²) < 4.78 is 21.6. The van der Waals surface area contributed by atoms with Crippen molar-refractivity contribution in [2.75, 3.05) is 19.9 Å². The van der Waals surface area contributed by atoms with Gasteiger partial charge in [-0.05, 0) is 66.8 Å². The molecule has 7 nitrogen and oxygen atoms in total. The zero-order valence-corrected chi connectivity index (χ0v) is 21.7. The van der Waals surface area contributed by atoms with Crippen LogP contribution in [0.4, 0.5) is 9.59 Å². The monoisotopic (exact) mass is 507 g/mol. The standard InChI is InChI=1S/C30H37NO6/c1-2-3-17-34-29(33)37-21-36-24-13-12-23-18-27-25-11-7-8-14-30(25,26(23)19-24)15-16-31(27)28(32)35-20-22-9-5-4-6-10-22/h4-6,9-10,12-13,19,25,27H,2-3,7-8,11,14-18,20-21H2,1H3/t25-,27+,30+/m1/s1. The van der Waals surface area contributed by atoms with Crippen molar-refractivity contribution in [1.82, 2.24) is 4.90 Å². The minimum atomic E-state index is -0.702. The highest BCUT2D eigenvalue weighted by atomic mass is 16.8. The molecule has 2 aromatic rings. The van der Waals surface area contributed by atoms with Gasteiger partial charge in [0.05, 0.1) is 6.61 Å². The summed E-state index contributed by atoms with van der Waals surface area (Å²) in [7, 11) is 0. The van der Waals surface area contributed by atoms with E-state index in [1.54, 1.807) is 0 Å². The van der Waals surface area contributed by atoms with Crippen LogP contribution < -0.4 is 4.74 Å². The van der Waals surface area contributed by atoms with Crippen LogP contribution in [0.1, 0.15) is 68.6 Å². The molecular formula is C30H37NO6. The van der Waals surface area contributed by atoms with Crippen molar-refractivity contribution >= 4 is 12.2 Å². The molecule has 198 valence electrons. The number of amides is 1. The molecule has 2 fully saturated rings. The second-order valence-electron chi connectivity index (χ2n) is 10.4. The Hall–Kier alpha value is -3.22. The van der Waals surface area contributed by atoms with E-state index in [1.807, 2.05) is 48.2 Å². The van der Waals surface area contributed by atoms with Gasteiger partial charge in [-0.2, -0.15) is 0 Å². The summed E-state index contributed by atoms with van der Waals surface area (Å²) >= 11 is 0. The number of ether oxygens (including phenoxy) is 4. The van der Waals surface area contributed by atoms with Crippen molar-refractivity contribution in [3.8, 4) is 5.75 Å². The molecule has 0 unspecified atom stereocenters. The average molecular weight is 508 g/mol. The molecule has 1 saturated carbocycles. The van der Waals surface area contributed by atoms with Gasteiger partial charge >= 0.3 is 12.2 Å². The average Bonchev–Trinajstić information content (AvgIpc) is 2.93. The Morgan fingerprint density at radius 2 is 1.89 bits per heavy atom. The Labute approximate surface area is 219 Å². The van der Waals surface area contributed by atoms with E-state index in [1.165, 1.54) is 24.0 Å². The Bertz CT molecular complexity index is 1090. The number of rotatable bonds is 8. The van der Waals surface area contributed by atoms with Crippen molar-refractivity contribution in [3.63, 3.8) is 0 Å². The molecule has 0 spiro atoms. The van der Waals surface area contributed by atoms with Crippen molar-refractivity contribution in [1.29, 1.82) is 0 Å². The summed E-state index contributed by atoms with van der Waals surface area (Å²) in [6.07, 6.45) is 7.22. The third-order valence-corrected chi connectivity index (χ3v) is 8.37. The van der Waals surface area contributed by atoms with Crippen molar-refractivity contribution in [2.24, 2.45) is 5.92 Å². The maximum atomic E-state index is 13.2. The normalized spacial score (nSPS) is 23.9. The summed E-state index contributed by atoms with van der Waals surface area (Å²) in [4.78, 5) is 26.9. The van der Waals surface area contributed by atoms with Crippen LogP contribution in [0.25, 0.3) is 0 Å². The molecule has 2 bridgehead atoms. The van der Waals surface area contributed by atoms with Gasteiger partial charge in [0.1, 0.15) is 12.4 Å². The predicted molar refractivity (Wildman–Crippen MR) is 138 cm³/mol. The number of hydrogen-bond acceptors (Lipinski definition) is 6. The van der Waals surface area contributed by atoms with Gasteiger partial charge in [0.2, 0.25) is 6.79 Å². The molecule has 3 aliphatic rings. The number of fused-ring (bicyclic) bond motifs is 1. The summed E-state index contributed by atoms with van der Waals surface area (Å²) in [5, 5.41) is 0. The van der Waals surface area contributed by atoms with Gasteiger partial charge in [-0.25, -0.2) is 9.59 Å². The molecule has 7 heteroatoms. The van der Waals surface area contributed by atoms with Gasteiger partial charge in [0.15, 0.2) is 0 Å². The highest BCUT2D eigenvalue weighted by Crippen LogP contribution is 2.56. The van der Waals surface area contributed by atoms with Crippen molar-refractivity contribution in [3.05, 3.63) is 65.2 Å². The topological polar surface area (TPSA) is 74.3 Å². The van der Waals surface area contributed by atoms with Gasteiger partial charge in [0.25, 0.3) is 0 Å². The van der Waals surface area contributed by atoms with E-state index in [2.05, 4.69) is 12.1 Å². The lowest BCUT2D eigenvalue weighted by atomic mass is 9.52. The molecule has 2 aliphatic carbocycles.